The van der Waals surface area contributed by atoms with Crippen LogP contribution in [-0.2, 0) is 9.09 Å². The highest BCUT2D eigenvalue weighted by Gasteiger charge is 2.35. The summed E-state index contributed by atoms with van der Waals surface area (Å²) < 4.78 is 20.2. The zero-order valence-electron chi connectivity index (χ0n) is 11.1. The van der Waals surface area contributed by atoms with Crippen LogP contribution in [0.3, 0.4) is 0 Å². The lowest BCUT2D eigenvalue weighted by Gasteiger charge is -2.38. The van der Waals surface area contributed by atoms with Crippen LogP contribution in [0.15, 0.2) is 24.5 Å². The van der Waals surface area contributed by atoms with Gasteiger partial charge in [-0.1, -0.05) is 12.5 Å². The predicted octanol–water partition coefficient (Wildman–Crippen LogP) is 3.47. The van der Waals surface area contributed by atoms with Crippen LogP contribution in [0, 0.1) is 0 Å². The molecule has 1 fully saturated rings. The summed E-state index contributed by atoms with van der Waals surface area (Å²) in [6.45, 7) is 4.95. The molecule has 2 unspecified atom stereocenters. The second kappa shape index (κ2) is 5.96. The zero-order chi connectivity index (χ0) is 13.0. The number of hydrogen-bond acceptors (Lipinski definition) is 3. The molecule has 0 saturated carbocycles. The Morgan fingerprint density at radius 3 is 3.06 bits per heavy atom. The fourth-order valence-corrected chi connectivity index (χ4v) is 4.46. The molecule has 0 N–H and O–H groups in total. The van der Waals surface area contributed by atoms with Gasteiger partial charge >= 0.3 is 0 Å². The van der Waals surface area contributed by atoms with Gasteiger partial charge in [0.1, 0.15) is 0 Å². The van der Waals surface area contributed by atoms with Crippen LogP contribution in [0.2, 0.25) is 0 Å². The molecule has 0 aliphatic carbocycles. The highest BCUT2D eigenvalue weighted by molar-refractivity contribution is 7.55. The molecule has 1 aromatic rings. The molecule has 0 radical (unpaired) electrons. The van der Waals surface area contributed by atoms with Crippen molar-refractivity contribution in [2.24, 2.45) is 0 Å². The highest BCUT2D eigenvalue weighted by atomic mass is 31.2. The molecule has 100 valence electrons. The molecule has 5 heteroatoms. The molecule has 18 heavy (non-hydrogen) atoms. The molecule has 0 aromatic carbocycles. The van der Waals surface area contributed by atoms with E-state index in [4.69, 9.17) is 4.52 Å². The first kappa shape index (κ1) is 13.7. The van der Waals surface area contributed by atoms with Gasteiger partial charge < -0.3 is 4.52 Å². The maximum Gasteiger partial charge on any atom is 0.269 e. The van der Waals surface area contributed by atoms with Gasteiger partial charge in [0.05, 0.1) is 6.61 Å². The van der Waals surface area contributed by atoms with E-state index in [-0.39, 0.29) is 6.04 Å². The van der Waals surface area contributed by atoms with Crippen LogP contribution in [0.1, 0.15) is 37.8 Å². The van der Waals surface area contributed by atoms with Gasteiger partial charge in [0.25, 0.3) is 7.52 Å². The summed E-state index contributed by atoms with van der Waals surface area (Å²) in [5.74, 6) is 0. The summed E-state index contributed by atoms with van der Waals surface area (Å²) >= 11 is 0. The minimum absolute atomic E-state index is 0.176. The van der Waals surface area contributed by atoms with E-state index in [0.29, 0.717) is 6.61 Å². The van der Waals surface area contributed by atoms with E-state index in [9.17, 15) is 4.57 Å². The Balaban J connectivity index is 2.24. The Morgan fingerprint density at radius 2 is 2.39 bits per heavy atom. The number of piperidine rings is 1. The Morgan fingerprint density at radius 1 is 1.56 bits per heavy atom. The van der Waals surface area contributed by atoms with Crippen molar-refractivity contribution < 1.29 is 9.09 Å². The third kappa shape index (κ3) is 3.00. The molecule has 1 aliphatic heterocycles. The first-order valence-corrected chi connectivity index (χ1v) is 8.56. The lowest BCUT2D eigenvalue weighted by Crippen LogP contribution is -2.31. The maximum atomic E-state index is 12.6. The Hall–Kier alpha value is -0.700. The van der Waals surface area contributed by atoms with E-state index in [0.717, 1.165) is 24.9 Å². The number of rotatable bonds is 4. The Kier molecular flexibility index (Phi) is 4.55. The lowest BCUT2D eigenvalue weighted by molar-refractivity contribution is 0.203. The average Bonchev–Trinajstić information content (AvgIpc) is 2.40. The molecule has 1 aliphatic rings. The molecule has 0 bridgehead atoms. The predicted molar refractivity (Wildman–Crippen MR) is 72.7 cm³/mol. The summed E-state index contributed by atoms with van der Waals surface area (Å²) in [5, 5.41) is 0. The second-order valence-electron chi connectivity index (χ2n) is 4.68. The van der Waals surface area contributed by atoms with Gasteiger partial charge in [-0.25, -0.2) is 4.67 Å². The monoisotopic (exact) mass is 268 g/mol. The van der Waals surface area contributed by atoms with Gasteiger partial charge in [-0.05, 0) is 31.4 Å². The molecule has 0 amide bonds. The summed E-state index contributed by atoms with van der Waals surface area (Å²) in [7, 11) is -2.68. The van der Waals surface area contributed by atoms with Crippen molar-refractivity contribution >= 4 is 7.52 Å². The van der Waals surface area contributed by atoms with Crippen LogP contribution in [0.25, 0.3) is 0 Å². The molecular weight excluding hydrogens is 247 g/mol. The zero-order valence-corrected chi connectivity index (χ0v) is 12.0. The summed E-state index contributed by atoms with van der Waals surface area (Å²) in [6.07, 6.45) is 6.92. The number of pyridine rings is 1. The summed E-state index contributed by atoms with van der Waals surface area (Å²) in [4.78, 5) is 4.17. The fourth-order valence-electron chi connectivity index (χ4n) is 2.58. The molecule has 1 aromatic heterocycles. The first-order chi connectivity index (χ1) is 8.65. The molecule has 0 spiro atoms. The molecule has 2 rings (SSSR count). The van der Waals surface area contributed by atoms with Gasteiger partial charge in [-0.15, -0.1) is 0 Å². The first-order valence-electron chi connectivity index (χ1n) is 6.54. The number of nitrogens with zero attached hydrogens (tertiary/aromatic N) is 2. The van der Waals surface area contributed by atoms with Crippen LogP contribution in [0.5, 0.6) is 0 Å². The van der Waals surface area contributed by atoms with Gasteiger partial charge in [0.15, 0.2) is 0 Å². The number of hydrogen-bond donors (Lipinski definition) is 0. The van der Waals surface area contributed by atoms with E-state index in [1.165, 1.54) is 6.42 Å². The second-order valence-corrected chi connectivity index (χ2v) is 7.06. The quantitative estimate of drug-likeness (QED) is 0.784. The van der Waals surface area contributed by atoms with Crippen LogP contribution < -0.4 is 0 Å². The maximum absolute atomic E-state index is 12.6. The van der Waals surface area contributed by atoms with Crippen LogP contribution in [-0.4, -0.2) is 29.5 Å². The summed E-state index contributed by atoms with van der Waals surface area (Å²) in [5.41, 5.74) is 1.14. The SMILES string of the molecule is CCOP(C)(=O)N1CCCCC1c1cccnc1. The van der Waals surface area contributed by atoms with E-state index in [1.807, 2.05) is 23.9 Å². The third-order valence-corrected chi connectivity index (χ3v) is 5.53. The van der Waals surface area contributed by atoms with Gasteiger partial charge in [0.2, 0.25) is 0 Å². The minimum atomic E-state index is -2.68. The van der Waals surface area contributed by atoms with E-state index >= 15 is 0 Å². The van der Waals surface area contributed by atoms with Crippen LogP contribution >= 0.6 is 7.52 Å². The summed E-state index contributed by atoms with van der Waals surface area (Å²) in [6, 6.07) is 4.17. The number of aromatic nitrogens is 1. The van der Waals surface area contributed by atoms with Crippen LogP contribution in [0.4, 0.5) is 0 Å². The Bertz CT molecular complexity index is 424. The topological polar surface area (TPSA) is 42.4 Å². The smallest absolute Gasteiger partial charge is 0.269 e. The molecule has 4 nitrogen and oxygen atoms in total. The normalized spacial score (nSPS) is 24.7. The van der Waals surface area contributed by atoms with Gasteiger partial charge in [-0.2, -0.15) is 0 Å². The van der Waals surface area contributed by atoms with E-state index < -0.39 is 7.52 Å². The average molecular weight is 268 g/mol. The third-order valence-electron chi connectivity index (χ3n) is 3.38. The lowest BCUT2D eigenvalue weighted by atomic mass is 9.99. The standard InChI is InChI=1S/C13H21N2O2P/c1-3-17-18(2,16)15-10-5-4-8-13(15)12-7-6-9-14-11-12/h6-7,9,11,13H,3-5,8,10H2,1-2H3. The van der Waals surface area contributed by atoms with Crippen molar-refractivity contribution in [3.05, 3.63) is 30.1 Å². The van der Waals surface area contributed by atoms with Crippen molar-refractivity contribution in [3.8, 4) is 0 Å². The van der Waals surface area contributed by atoms with Crippen molar-refractivity contribution in [2.45, 2.75) is 32.2 Å². The molecule has 2 atom stereocenters. The van der Waals surface area contributed by atoms with Gasteiger partial charge in [0, 0.05) is 31.6 Å². The largest absolute Gasteiger partial charge is 0.318 e. The minimum Gasteiger partial charge on any atom is -0.318 e. The van der Waals surface area contributed by atoms with Crippen molar-refractivity contribution in [1.29, 1.82) is 0 Å². The van der Waals surface area contributed by atoms with Crippen molar-refractivity contribution in [3.63, 3.8) is 0 Å². The van der Waals surface area contributed by atoms with E-state index in [2.05, 4.69) is 11.1 Å². The van der Waals surface area contributed by atoms with Crippen molar-refractivity contribution in [1.82, 2.24) is 9.65 Å². The Labute approximate surface area is 109 Å². The molecule has 1 saturated heterocycles. The van der Waals surface area contributed by atoms with Crippen molar-refractivity contribution in [2.75, 3.05) is 19.8 Å². The van der Waals surface area contributed by atoms with Gasteiger partial charge in [-0.3, -0.25) is 9.55 Å². The fraction of sp³-hybridized carbons (Fsp3) is 0.615. The highest BCUT2D eigenvalue weighted by Crippen LogP contribution is 2.54. The van der Waals surface area contributed by atoms with E-state index in [1.54, 1.807) is 12.9 Å². The molecular formula is C13H21N2O2P. The molecule has 2 heterocycles.